The van der Waals surface area contributed by atoms with Gasteiger partial charge in [0.2, 0.25) is 10.0 Å². The van der Waals surface area contributed by atoms with Gasteiger partial charge in [0.15, 0.2) is 5.82 Å². The van der Waals surface area contributed by atoms with Crippen LogP contribution in [0, 0.1) is 5.82 Å². The molecule has 1 aliphatic heterocycles. The number of nitrogens with one attached hydrogen (secondary N) is 1. The molecular weight excluding hydrogens is 407 g/mol. The van der Waals surface area contributed by atoms with E-state index in [1.54, 1.807) is 0 Å². The van der Waals surface area contributed by atoms with Crippen molar-refractivity contribution in [2.45, 2.75) is 31.0 Å². The van der Waals surface area contributed by atoms with E-state index in [4.69, 9.17) is 16.3 Å². The molecule has 1 saturated heterocycles. The first-order chi connectivity index (χ1) is 13.2. The maximum atomic E-state index is 13.9. The lowest BCUT2D eigenvalue weighted by molar-refractivity contribution is -0.0440. The first kappa shape index (κ1) is 20.7. The van der Waals surface area contributed by atoms with E-state index in [-0.39, 0.29) is 46.5 Å². The molecule has 0 spiro atoms. The Balaban J connectivity index is 1.77. The minimum atomic E-state index is -3.70. The quantitative estimate of drug-likeness (QED) is 0.811. The molecule has 1 aliphatic rings. The first-order valence-electron chi connectivity index (χ1n) is 8.69. The summed E-state index contributed by atoms with van der Waals surface area (Å²) in [7, 11) is -3.70. The number of anilines is 1. The Morgan fingerprint density at radius 3 is 2.36 bits per heavy atom. The van der Waals surface area contributed by atoms with Crippen LogP contribution >= 0.6 is 11.6 Å². The zero-order valence-electron chi connectivity index (χ0n) is 15.4. The summed E-state index contributed by atoms with van der Waals surface area (Å²) in [6.07, 6.45) is -0.396. The van der Waals surface area contributed by atoms with Gasteiger partial charge in [-0.2, -0.15) is 4.31 Å². The lowest BCUT2D eigenvalue weighted by atomic mass is 10.2. The Labute approximate surface area is 168 Å². The Morgan fingerprint density at radius 1 is 1.14 bits per heavy atom. The summed E-state index contributed by atoms with van der Waals surface area (Å²) in [6, 6.07) is 9.78. The molecule has 1 N–H and O–H groups in total. The Bertz CT molecular complexity index is 972. The van der Waals surface area contributed by atoms with Gasteiger partial charge in [0.25, 0.3) is 5.91 Å². The molecule has 1 amide bonds. The lowest BCUT2D eigenvalue weighted by Gasteiger charge is -2.34. The lowest BCUT2D eigenvalue weighted by Crippen LogP contribution is -2.48. The van der Waals surface area contributed by atoms with E-state index in [9.17, 15) is 17.6 Å². The highest BCUT2D eigenvalue weighted by Gasteiger charge is 2.32. The van der Waals surface area contributed by atoms with Gasteiger partial charge in [0.05, 0.1) is 27.8 Å². The number of morpholine rings is 1. The normalized spacial score (nSPS) is 20.7. The standard InChI is InChI=1S/C19H20ClFN2O4S/c1-12-10-23(11-13(2)27-12)28(25,26)15-8-6-14(7-9-15)19(24)22-17-5-3-4-16(20)18(17)21/h3-9,12-13H,10-11H2,1-2H3,(H,22,24)/t12-,13+. The zero-order valence-corrected chi connectivity index (χ0v) is 16.9. The molecule has 1 heterocycles. The van der Waals surface area contributed by atoms with Crippen molar-refractivity contribution in [1.29, 1.82) is 0 Å². The van der Waals surface area contributed by atoms with E-state index in [0.717, 1.165) is 0 Å². The van der Waals surface area contributed by atoms with Crippen LogP contribution in [0.3, 0.4) is 0 Å². The van der Waals surface area contributed by atoms with E-state index in [1.165, 1.54) is 46.8 Å². The fourth-order valence-corrected chi connectivity index (χ4v) is 4.81. The maximum absolute atomic E-state index is 13.9. The van der Waals surface area contributed by atoms with Gasteiger partial charge in [-0.3, -0.25) is 4.79 Å². The molecule has 0 unspecified atom stereocenters. The number of carbonyl (C=O) groups is 1. The number of ether oxygens (including phenoxy) is 1. The topological polar surface area (TPSA) is 75.7 Å². The molecule has 3 rings (SSSR count). The molecule has 9 heteroatoms. The van der Waals surface area contributed by atoms with Crippen molar-refractivity contribution in [1.82, 2.24) is 4.31 Å². The SMILES string of the molecule is C[C@@H]1CN(S(=O)(=O)c2ccc(C(=O)Nc3cccc(Cl)c3F)cc2)C[C@H](C)O1. The van der Waals surface area contributed by atoms with Crippen molar-refractivity contribution in [3.8, 4) is 0 Å². The van der Waals surface area contributed by atoms with Gasteiger partial charge >= 0.3 is 0 Å². The van der Waals surface area contributed by atoms with E-state index < -0.39 is 21.7 Å². The Hall–Kier alpha value is -2.00. The van der Waals surface area contributed by atoms with Crippen molar-refractivity contribution in [3.63, 3.8) is 0 Å². The number of rotatable bonds is 4. The number of benzene rings is 2. The summed E-state index contributed by atoms with van der Waals surface area (Å²) < 4.78 is 46.6. The maximum Gasteiger partial charge on any atom is 0.255 e. The van der Waals surface area contributed by atoms with Gasteiger partial charge in [-0.05, 0) is 50.2 Å². The predicted molar refractivity (Wildman–Crippen MR) is 105 cm³/mol. The number of hydrogen-bond acceptors (Lipinski definition) is 4. The molecule has 2 atom stereocenters. The highest BCUT2D eigenvalue weighted by molar-refractivity contribution is 7.89. The summed E-state index contributed by atoms with van der Waals surface area (Å²) in [4.78, 5) is 12.4. The third kappa shape index (κ3) is 4.35. The van der Waals surface area contributed by atoms with Crippen LogP contribution in [-0.4, -0.2) is 43.9 Å². The van der Waals surface area contributed by atoms with E-state index in [0.29, 0.717) is 0 Å². The van der Waals surface area contributed by atoms with Crippen LogP contribution in [0.1, 0.15) is 24.2 Å². The molecule has 6 nitrogen and oxygen atoms in total. The molecule has 0 saturated carbocycles. The summed E-state index contributed by atoms with van der Waals surface area (Å²) in [5.41, 5.74) is 0.146. The molecule has 150 valence electrons. The fourth-order valence-electron chi connectivity index (χ4n) is 3.05. The third-order valence-corrected chi connectivity index (χ3v) is 6.48. The van der Waals surface area contributed by atoms with E-state index in [1.807, 2.05) is 13.8 Å². The van der Waals surface area contributed by atoms with Crippen LogP contribution in [0.25, 0.3) is 0 Å². The summed E-state index contributed by atoms with van der Waals surface area (Å²) in [6.45, 7) is 4.17. The Morgan fingerprint density at radius 2 is 1.75 bits per heavy atom. The number of halogens is 2. The van der Waals surface area contributed by atoms with Crippen molar-refractivity contribution >= 4 is 33.2 Å². The molecule has 2 aromatic rings. The predicted octanol–water partition coefficient (Wildman–Crippen LogP) is 3.53. The van der Waals surface area contributed by atoms with E-state index in [2.05, 4.69) is 5.32 Å². The van der Waals surface area contributed by atoms with Gasteiger partial charge in [0.1, 0.15) is 0 Å². The number of hydrogen-bond donors (Lipinski definition) is 1. The van der Waals surface area contributed by atoms with Crippen molar-refractivity contribution < 1.29 is 22.3 Å². The average molecular weight is 427 g/mol. The number of carbonyl (C=O) groups excluding carboxylic acids is 1. The smallest absolute Gasteiger partial charge is 0.255 e. The van der Waals surface area contributed by atoms with Crippen LogP contribution in [0.15, 0.2) is 47.4 Å². The van der Waals surface area contributed by atoms with Crippen LogP contribution in [0.5, 0.6) is 0 Å². The van der Waals surface area contributed by atoms with Gasteiger partial charge in [-0.15, -0.1) is 0 Å². The van der Waals surface area contributed by atoms with Crippen LogP contribution in [-0.2, 0) is 14.8 Å². The van der Waals surface area contributed by atoms with Gasteiger partial charge in [-0.1, -0.05) is 17.7 Å². The number of nitrogens with zero attached hydrogens (tertiary/aromatic N) is 1. The molecule has 0 bridgehead atoms. The average Bonchev–Trinajstić information content (AvgIpc) is 2.64. The van der Waals surface area contributed by atoms with Crippen molar-refractivity contribution in [2.24, 2.45) is 0 Å². The largest absolute Gasteiger partial charge is 0.373 e. The van der Waals surface area contributed by atoms with E-state index >= 15 is 0 Å². The van der Waals surface area contributed by atoms with Crippen LogP contribution in [0.4, 0.5) is 10.1 Å². The van der Waals surface area contributed by atoms with Crippen LogP contribution < -0.4 is 5.32 Å². The molecule has 0 radical (unpaired) electrons. The van der Waals surface area contributed by atoms with Gasteiger partial charge in [-0.25, -0.2) is 12.8 Å². The summed E-state index contributed by atoms with van der Waals surface area (Å²) >= 11 is 5.70. The molecule has 2 aromatic carbocycles. The fraction of sp³-hybridized carbons (Fsp3) is 0.316. The second kappa shape index (κ2) is 8.16. The number of sulfonamides is 1. The molecule has 0 aromatic heterocycles. The molecule has 0 aliphatic carbocycles. The second-order valence-electron chi connectivity index (χ2n) is 6.66. The van der Waals surface area contributed by atoms with Crippen LogP contribution in [0.2, 0.25) is 5.02 Å². The Kier molecular flexibility index (Phi) is 6.04. The molecule has 28 heavy (non-hydrogen) atoms. The zero-order chi connectivity index (χ0) is 20.5. The minimum Gasteiger partial charge on any atom is -0.373 e. The summed E-state index contributed by atoms with van der Waals surface area (Å²) in [5.74, 6) is -1.30. The van der Waals surface area contributed by atoms with Crippen molar-refractivity contribution in [3.05, 3.63) is 58.9 Å². The minimum absolute atomic E-state index is 0.0505. The monoisotopic (exact) mass is 426 g/mol. The van der Waals surface area contributed by atoms with Crippen molar-refractivity contribution in [2.75, 3.05) is 18.4 Å². The molecular formula is C19H20ClFN2O4S. The number of amides is 1. The first-order valence-corrected chi connectivity index (χ1v) is 10.5. The summed E-state index contributed by atoms with van der Waals surface area (Å²) in [5, 5.41) is 2.32. The highest BCUT2D eigenvalue weighted by atomic mass is 35.5. The molecule has 1 fully saturated rings. The third-order valence-electron chi connectivity index (χ3n) is 4.34. The second-order valence-corrected chi connectivity index (χ2v) is 9.00. The van der Waals surface area contributed by atoms with Gasteiger partial charge < -0.3 is 10.1 Å². The van der Waals surface area contributed by atoms with Gasteiger partial charge in [0, 0.05) is 18.7 Å². The highest BCUT2D eigenvalue weighted by Crippen LogP contribution is 2.24.